The van der Waals surface area contributed by atoms with Crippen LogP contribution in [0.4, 0.5) is 5.69 Å². The minimum atomic E-state index is 0.0841. The predicted octanol–water partition coefficient (Wildman–Crippen LogP) is 4.53. The lowest BCUT2D eigenvalue weighted by atomic mass is 10.2. The maximum Gasteiger partial charge on any atom is 0.119 e. The molecule has 0 saturated carbocycles. The zero-order valence-electron chi connectivity index (χ0n) is 11.2. The molecule has 0 saturated heterocycles. The van der Waals surface area contributed by atoms with E-state index in [2.05, 4.69) is 5.32 Å². The summed E-state index contributed by atoms with van der Waals surface area (Å²) in [5.41, 5.74) is 2.12. The molecule has 1 N–H and O–H groups in total. The molecule has 2 nitrogen and oxygen atoms in total. The Kier molecular flexibility index (Phi) is 4.69. The first-order valence-corrected chi connectivity index (χ1v) is 6.75. The third-order valence-corrected chi connectivity index (χ3v) is 3.34. The van der Waals surface area contributed by atoms with Crippen LogP contribution in [0.25, 0.3) is 0 Å². The predicted molar refractivity (Wildman–Crippen MR) is 81.2 cm³/mol. The summed E-state index contributed by atoms with van der Waals surface area (Å²) in [4.78, 5) is 0. The van der Waals surface area contributed by atoms with Gasteiger partial charge in [-0.15, -0.1) is 0 Å². The third-order valence-electron chi connectivity index (χ3n) is 2.93. The van der Waals surface area contributed by atoms with Crippen molar-refractivity contribution >= 4 is 17.3 Å². The van der Waals surface area contributed by atoms with Gasteiger partial charge in [-0.25, -0.2) is 0 Å². The largest absolute Gasteiger partial charge is 0.489 e. The summed E-state index contributed by atoms with van der Waals surface area (Å²) in [5, 5.41) is 4.14. The Morgan fingerprint density at radius 3 is 2.58 bits per heavy atom. The molecule has 19 heavy (non-hydrogen) atoms. The number of benzene rings is 2. The molecule has 2 aromatic carbocycles. The molecule has 0 fully saturated rings. The number of hydrogen-bond acceptors (Lipinski definition) is 2. The molecular weight excluding hydrogens is 258 g/mol. The van der Waals surface area contributed by atoms with Gasteiger partial charge in [0.2, 0.25) is 0 Å². The highest BCUT2D eigenvalue weighted by Gasteiger charge is 2.06. The molecule has 100 valence electrons. The summed E-state index contributed by atoms with van der Waals surface area (Å²) in [5.74, 6) is 0.889. The van der Waals surface area contributed by atoms with Gasteiger partial charge >= 0.3 is 0 Å². The monoisotopic (exact) mass is 275 g/mol. The molecule has 0 aliphatic carbocycles. The van der Waals surface area contributed by atoms with Crippen molar-refractivity contribution in [2.24, 2.45) is 0 Å². The maximum absolute atomic E-state index is 6.09. The quantitative estimate of drug-likeness (QED) is 0.866. The van der Waals surface area contributed by atoms with Crippen molar-refractivity contribution in [2.75, 3.05) is 11.9 Å². The highest BCUT2D eigenvalue weighted by molar-refractivity contribution is 6.31. The summed E-state index contributed by atoms with van der Waals surface area (Å²) in [7, 11) is 0. The molecule has 0 aliphatic rings. The second-order valence-corrected chi connectivity index (χ2v) is 4.94. The van der Waals surface area contributed by atoms with Gasteiger partial charge in [0, 0.05) is 10.7 Å². The van der Waals surface area contributed by atoms with E-state index >= 15 is 0 Å². The van der Waals surface area contributed by atoms with E-state index in [1.54, 1.807) is 0 Å². The van der Waals surface area contributed by atoms with E-state index in [1.807, 2.05) is 62.4 Å². The standard InChI is InChI=1S/C16H18ClNO/c1-12(19-14-7-4-3-5-8-14)11-18-16-10-6-9-15(17)13(16)2/h3-10,12,18H,11H2,1-2H3. The lowest BCUT2D eigenvalue weighted by Gasteiger charge is -2.17. The zero-order valence-corrected chi connectivity index (χ0v) is 11.9. The zero-order chi connectivity index (χ0) is 13.7. The summed E-state index contributed by atoms with van der Waals surface area (Å²) >= 11 is 6.09. The van der Waals surface area contributed by atoms with Gasteiger partial charge in [0.05, 0.1) is 6.54 Å². The molecule has 2 aromatic rings. The highest BCUT2D eigenvalue weighted by Crippen LogP contribution is 2.23. The summed E-state index contributed by atoms with van der Waals surface area (Å²) in [6.07, 6.45) is 0.0841. The van der Waals surface area contributed by atoms with Gasteiger partial charge in [-0.2, -0.15) is 0 Å². The average molecular weight is 276 g/mol. The van der Waals surface area contributed by atoms with E-state index < -0.39 is 0 Å². The Morgan fingerprint density at radius 2 is 1.84 bits per heavy atom. The second-order valence-electron chi connectivity index (χ2n) is 4.53. The van der Waals surface area contributed by atoms with Crippen LogP contribution in [0.1, 0.15) is 12.5 Å². The molecule has 0 radical (unpaired) electrons. The molecule has 1 unspecified atom stereocenters. The Hall–Kier alpha value is -1.67. The number of anilines is 1. The van der Waals surface area contributed by atoms with E-state index in [9.17, 15) is 0 Å². The van der Waals surface area contributed by atoms with E-state index in [0.29, 0.717) is 0 Å². The summed E-state index contributed by atoms with van der Waals surface area (Å²) in [6.45, 7) is 4.78. The number of halogens is 1. The molecule has 0 aromatic heterocycles. The fourth-order valence-electron chi connectivity index (χ4n) is 1.83. The molecule has 0 aliphatic heterocycles. The number of para-hydroxylation sites is 1. The van der Waals surface area contributed by atoms with Crippen LogP contribution in [-0.2, 0) is 0 Å². The van der Waals surface area contributed by atoms with Crippen molar-refractivity contribution in [3.8, 4) is 5.75 Å². The molecule has 0 bridgehead atoms. The molecule has 0 amide bonds. The highest BCUT2D eigenvalue weighted by atomic mass is 35.5. The van der Waals surface area contributed by atoms with Crippen LogP contribution in [0.5, 0.6) is 5.75 Å². The molecule has 1 atom stereocenters. The average Bonchev–Trinajstić information content (AvgIpc) is 2.42. The fourth-order valence-corrected chi connectivity index (χ4v) is 2.00. The molecule has 3 heteroatoms. The Morgan fingerprint density at radius 1 is 1.11 bits per heavy atom. The van der Waals surface area contributed by atoms with E-state index in [4.69, 9.17) is 16.3 Å². The van der Waals surface area contributed by atoms with Crippen LogP contribution in [-0.4, -0.2) is 12.6 Å². The SMILES string of the molecule is Cc1c(Cl)cccc1NCC(C)Oc1ccccc1. The fraction of sp³-hybridized carbons (Fsp3) is 0.250. The van der Waals surface area contributed by atoms with Crippen LogP contribution >= 0.6 is 11.6 Å². The van der Waals surface area contributed by atoms with Gasteiger partial charge in [0.25, 0.3) is 0 Å². The van der Waals surface area contributed by atoms with Crippen LogP contribution in [0, 0.1) is 6.92 Å². The second kappa shape index (κ2) is 6.48. The normalized spacial score (nSPS) is 11.9. The lowest BCUT2D eigenvalue weighted by molar-refractivity contribution is 0.235. The number of hydrogen-bond donors (Lipinski definition) is 1. The van der Waals surface area contributed by atoms with Gasteiger partial charge in [-0.1, -0.05) is 35.9 Å². The van der Waals surface area contributed by atoms with Crippen LogP contribution in [0.15, 0.2) is 48.5 Å². The van der Waals surface area contributed by atoms with Crippen molar-refractivity contribution in [1.82, 2.24) is 0 Å². The van der Waals surface area contributed by atoms with Crippen molar-refractivity contribution in [3.63, 3.8) is 0 Å². The first kappa shape index (κ1) is 13.8. The summed E-state index contributed by atoms with van der Waals surface area (Å²) in [6, 6.07) is 15.7. The first-order valence-electron chi connectivity index (χ1n) is 6.37. The molecule has 0 spiro atoms. The van der Waals surface area contributed by atoms with Gasteiger partial charge in [-0.05, 0) is 43.7 Å². The molecule has 0 heterocycles. The minimum Gasteiger partial charge on any atom is -0.489 e. The number of nitrogens with one attached hydrogen (secondary N) is 1. The molecular formula is C16H18ClNO. The topological polar surface area (TPSA) is 21.3 Å². The number of rotatable bonds is 5. The van der Waals surface area contributed by atoms with E-state index in [1.165, 1.54) is 0 Å². The van der Waals surface area contributed by atoms with Crippen LogP contribution < -0.4 is 10.1 Å². The Labute approximate surface area is 119 Å². The van der Waals surface area contributed by atoms with E-state index in [0.717, 1.165) is 28.6 Å². The van der Waals surface area contributed by atoms with Crippen molar-refractivity contribution in [1.29, 1.82) is 0 Å². The lowest BCUT2D eigenvalue weighted by Crippen LogP contribution is -2.22. The Balaban J connectivity index is 1.90. The summed E-state index contributed by atoms with van der Waals surface area (Å²) < 4.78 is 5.81. The maximum atomic E-state index is 6.09. The van der Waals surface area contributed by atoms with Gasteiger partial charge in [-0.3, -0.25) is 0 Å². The van der Waals surface area contributed by atoms with Crippen molar-refractivity contribution in [3.05, 3.63) is 59.1 Å². The van der Waals surface area contributed by atoms with E-state index in [-0.39, 0.29) is 6.10 Å². The minimum absolute atomic E-state index is 0.0841. The number of ether oxygens (including phenoxy) is 1. The van der Waals surface area contributed by atoms with Crippen molar-refractivity contribution < 1.29 is 4.74 Å². The smallest absolute Gasteiger partial charge is 0.119 e. The molecule has 2 rings (SSSR count). The van der Waals surface area contributed by atoms with Crippen LogP contribution in [0.3, 0.4) is 0 Å². The van der Waals surface area contributed by atoms with Gasteiger partial charge < -0.3 is 10.1 Å². The van der Waals surface area contributed by atoms with Gasteiger partial charge in [0.15, 0.2) is 0 Å². The van der Waals surface area contributed by atoms with Gasteiger partial charge in [0.1, 0.15) is 11.9 Å². The third kappa shape index (κ3) is 3.90. The van der Waals surface area contributed by atoms with Crippen LogP contribution in [0.2, 0.25) is 5.02 Å². The Bertz CT molecular complexity index is 528. The first-order chi connectivity index (χ1) is 9.16. The van der Waals surface area contributed by atoms with Crippen molar-refractivity contribution in [2.45, 2.75) is 20.0 Å².